The highest BCUT2D eigenvalue weighted by atomic mass is 14.2. The summed E-state index contributed by atoms with van der Waals surface area (Å²) >= 11 is 0. The van der Waals surface area contributed by atoms with Crippen LogP contribution in [0.25, 0.3) is 66.1 Å². The monoisotopic (exact) mass is 859 g/mol. The van der Waals surface area contributed by atoms with Gasteiger partial charge in [-0.3, -0.25) is 0 Å². The molecule has 0 spiro atoms. The topological polar surface area (TPSA) is 0 Å². The molecule has 0 atom stereocenters. The van der Waals surface area contributed by atoms with Crippen LogP contribution in [0.4, 0.5) is 0 Å². The number of aryl methyl sites for hydroxylation is 6. The summed E-state index contributed by atoms with van der Waals surface area (Å²) in [5.41, 5.74) is 18.5. The smallest absolute Gasteiger partial charge is 0.00669 e. The number of rotatable bonds is 6. The first-order valence-corrected chi connectivity index (χ1v) is 23.6. The van der Waals surface area contributed by atoms with Gasteiger partial charge in [-0.05, 0) is 118 Å². The van der Waals surface area contributed by atoms with Crippen LogP contribution in [0.1, 0.15) is 60.6 Å². The molecule has 0 aliphatic carbocycles. The molecule has 0 nitrogen and oxygen atoms in total. The molecule has 0 N–H and O–H groups in total. The second-order valence-corrected chi connectivity index (χ2v) is 16.7. The van der Waals surface area contributed by atoms with Crippen molar-refractivity contribution in [2.24, 2.45) is 0 Å². The Morgan fingerprint density at radius 2 is 0.561 bits per heavy atom. The molecule has 0 aliphatic heterocycles. The Bertz CT molecular complexity index is 2850. The molecule has 330 valence electrons. The van der Waals surface area contributed by atoms with Crippen molar-refractivity contribution >= 4 is 21.5 Å². The zero-order chi connectivity index (χ0) is 46.7. The Morgan fingerprint density at radius 1 is 0.273 bits per heavy atom. The average molecular weight is 859 g/mol. The summed E-state index contributed by atoms with van der Waals surface area (Å²) in [5.74, 6) is 0. The van der Waals surface area contributed by atoms with E-state index in [0.29, 0.717) is 0 Å². The Balaban J connectivity index is 0.000000150. The van der Waals surface area contributed by atoms with Gasteiger partial charge in [0.2, 0.25) is 0 Å². The first-order valence-electron chi connectivity index (χ1n) is 23.6. The van der Waals surface area contributed by atoms with Crippen molar-refractivity contribution in [1.29, 1.82) is 0 Å². The van der Waals surface area contributed by atoms with Crippen LogP contribution in [0.5, 0.6) is 0 Å². The molecule has 0 fully saturated rings. The zero-order valence-electron chi connectivity index (χ0n) is 40.4. The molecule has 10 aromatic carbocycles. The minimum Gasteiger partial charge on any atom is -0.0683 e. The van der Waals surface area contributed by atoms with Crippen LogP contribution >= 0.6 is 0 Å². The lowest BCUT2D eigenvalue weighted by molar-refractivity contribution is 0.924. The van der Waals surface area contributed by atoms with Crippen LogP contribution in [-0.4, -0.2) is 0 Å². The summed E-state index contributed by atoms with van der Waals surface area (Å²) in [6.45, 7) is 17.0. The molecule has 0 saturated carbocycles. The van der Waals surface area contributed by atoms with E-state index in [9.17, 15) is 0 Å². The molecule has 0 bridgehead atoms. The molecule has 0 aromatic heterocycles. The minimum atomic E-state index is 1.12. The van der Waals surface area contributed by atoms with Crippen LogP contribution in [0.3, 0.4) is 0 Å². The summed E-state index contributed by atoms with van der Waals surface area (Å²) in [5, 5.41) is 5.41. The third-order valence-corrected chi connectivity index (χ3v) is 11.8. The van der Waals surface area contributed by atoms with Gasteiger partial charge < -0.3 is 0 Å². The molecule has 10 aromatic rings. The number of hydrogen-bond donors (Lipinski definition) is 0. The number of hydrogen-bond acceptors (Lipinski definition) is 0. The van der Waals surface area contributed by atoms with Gasteiger partial charge in [-0.2, -0.15) is 0 Å². The van der Waals surface area contributed by atoms with Gasteiger partial charge in [-0.1, -0.05) is 280 Å². The highest BCUT2D eigenvalue weighted by molar-refractivity contribution is 6.16. The predicted octanol–water partition coefficient (Wildman–Crippen LogP) is 19.2. The molecule has 0 unspecified atom stereocenters. The molecule has 0 heterocycles. The summed E-state index contributed by atoms with van der Waals surface area (Å²) in [6, 6.07) is 81.8. The maximum absolute atomic E-state index is 2.29. The van der Waals surface area contributed by atoms with E-state index in [2.05, 4.69) is 260 Å². The molecule has 0 amide bonds. The van der Waals surface area contributed by atoms with Gasteiger partial charge in [0.25, 0.3) is 0 Å². The second kappa shape index (κ2) is 24.7. The highest BCUT2D eigenvalue weighted by Gasteiger charge is 2.15. The lowest BCUT2D eigenvalue weighted by Crippen LogP contribution is -1.94. The van der Waals surface area contributed by atoms with Crippen LogP contribution in [0, 0.1) is 34.6 Å². The third kappa shape index (κ3) is 12.9. The van der Waals surface area contributed by atoms with Crippen molar-refractivity contribution in [3.63, 3.8) is 0 Å². The molecule has 66 heavy (non-hydrogen) atoms. The van der Waals surface area contributed by atoms with E-state index in [1.807, 2.05) is 26.0 Å². The SMILES string of the molecule is CC.CCCc1ccccc1-c1c(C)c2ccccc2c2ccccc12.Cc1ccc(-c2ccc(C)cc2)cc1.Cc1ccc(-c2ccccc2)cc1.Cc1ccc(-c2ccccc2)cc1. The quantitative estimate of drug-likeness (QED) is 0.146. The highest BCUT2D eigenvalue weighted by Crippen LogP contribution is 2.40. The van der Waals surface area contributed by atoms with Gasteiger partial charge in [0.15, 0.2) is 0 Å². The van der Waals surface area contributed by atoms with Gasteiger partial charge in [-0.25, -0.2) is 0 Å². The van der Waals surface area contributed by atoms with Crippen LogP contribution < -0.4 is 0 Å². The van der Waals surface area contributed by atoms with Crippen LogP contribution in [0.15, 0.2) is 231 Å². The standard InChI is InChI=1S/C24H22.C14H14.2C13H12.C2H6/c1-3-10-18-11-4-5-13-20(18)24-17(2)19-12-6-7-14-21(19)22-15-8-9-16-23(22)24;1-11-3-7-13(8-4-11)14-9-5-12(2)6-10-14;2*1-11-7-9-13(10-8-11)12-5-3-2-4-6-12;1-2/h4-9,11-16H,3,10H2,1-2H3;3-10H,1-2H3;2*2-10H,1H3;1-2H3. The van der Waals surface area contributed by atoms with Crippen molar-refractivity contribution in [2.45, 2.75) is 68.2 Å². The van der Waals surface area contributed by atoms with Crippen molar-refractivity contribution in [3.8, 4) is 44.5 Å². The summed E-state index contributed by atoms with van der Waals surface area (Å²) in [7, 11) is 0. The first-order chi connectivity index (χ1) is 32.3. The van der Waals surface area contributed by atoms with E-state index in [0.717, 1.165) is 6.42 Å². The van der Waals surface area contributed by atoms with Crippen molar-refractivity contribution in [3.05, 3.63) is 264 Å². The zero-order valence-corrected chi connectivity index (χ0v) is 40.4. The van der Waals surface area contributed by atoms with E-state index in [-0.39, 0.29) is 0 Å². The van der Waals surface area contributed by atoms with Gasteiger partial charge in [0.1, 0.15) is 0 Å². The first kappa shape index (κ1) is 48.2. The Labute approximate surface area is 396 Å². The Morgan fingerprint density at radius 3 is 0.939 bits per heavy atom. The fraction of sp³-hybridized carbons (Fsp3) is 0.152. The normalized spacial score (nSPS) is 10.2. The fourth-order valence-corrected chi connectivity index (χ4v) is 8.16. The van der Waals surface area contributed by atoms with E-state index in [1.165, 1.54) is 106 Å². The Hall–Kier alpha value is -7.28. The summed E-state index contributed by atoms with van der Waals surface area (Å²) in [6.07, 6.45) is 2.29. The number of benzene rings is 10. The molecular weight excluding hydrogens is 793 g/mol. The van der Waals surface area contributed by atoms with E-state index in [1.54, 1.807) is 0 Å². The summed E-state index contributed by atoms with van der Waals surface area (Å²) in [4.78, 5) is 0. The van der Waals surface area contributed by atoms with Crippen molar-refractivity contribution in [2.75, 3.05) is 0 Å². The van der Waals surface area contributed by atoms with Gasteiger partial charge >= 0.3 is 0 Å². The van der Waals surface area contributed by atoms with E-state index >= 15 is 0 Å². The average Bonchev–Trinajstić information content (AvgIpc) is 3.37. The van der Waals surface area contributed by atoms with Gasteiger partial charge in [0.05, 0.1) is 0 Å². The van der Waals surface area contributed by atoms with Crippen molar-refractivity contribution < 1.29 is 0 Å². The van der Waals surface area contributed by atoms with Gasteiger partial charge in [-0.15, -0.1) is 0 Å². The lowest BCUT2D eigenvalue weighted by Gasteiger charge is -2.18. The number of fused-ring (bicyclic) bond motifs is 3. The molecule has 0 radical (unpaired) electrons. The summed E-state index contributed by atoms with van der Waals surface area (Å²) < 4.78 is 0. The maximum atomic E-state index is 2.29. The molecule has 10 rings (SSSR count). The lowest BCUT2D eigenvalue weighted by atomic mass is 9.86. The third-order valence-electron chi connectivity index (χ3n) is 11.8. The van der Waals surface area contributed by atoms with Crippen LogP contribution in [-0.2, 0) is 6.42 Å². The molecule has 0 saturated heterocycles. The fourth-order valence-electron chi connectivity index (χ4n) is 8.16. The molecule has 0 aliphatic rings. The molecule has 0 heteroatoms. The second-order valence-electron chi connectivity index (χ2n) is 16.7. The van der Waals surface area contributed by atoms with Crippen LogP contribution in [0.2, 0.25) is 0 Å². The van der Waals surface area contributed by atoms with Gasteiger partial charge in [0, 0.05) is 0 Å². The van der Waals surface area contributed by atoms with Crippen molar-refractivity contribution in [1.82, 2.24) is 0 Å². The molecular formula is C66H66. The van der Waals surface area contributed by atoms with E-state index in [4.69, 9.17) is 0 Å². The largest absolute Gasteiger partial charge is 0.0683 e. The predicted molar refractivity (Wildman–Crippen MR) is 292 cm³/mol. The minimum absolute atomic E-state index is 1.12. The Kier molecular flexibility index (Phi) is 18.0. The maximum Gasteiger partial charge on any atom is -0.00669 e. The van der Waals surface area contributed by atoms with E-state index < -0.39 is 0 Å².